The first-order chi connectivity index (χ1) is 21.4. The monoisotopic (exact) mass is 634 g/mol. The van der Waals surface area contributed by atoms with Gasteiger partial charge in [0.2, 0.25) is 0 Å². The van der Waals surface area contributed by atoms with Gasteiger partial charge in [-0.3, -0.25) is 4.90 Å². The molecule has 0 radical (unpaired) electrons. The molecule has 0 aliphatic heterocycles. The number of aryl methyl sites for hydroxylation is 1. The van der Waals surface area contributed by atoms with Crippen LogP contribution in [0.5, 0.6) is 5.75 Å². The van der Waals surface area contributed by atoms with Crippen LogP contribution in [0.3, 0.4) is 0 Å². The number of unbranched alkanes of at least 4 members (excludes halogenated alkanes) is 2. The summed E-state index contributed by atoms with van der Waals surface area (Å²) in [6.45, 7) is 4.08. The van der Waals surface area contributed by atoms with E-state index in [0.29, 0.717) is 86.3 Å². The number of nitrogens with zero attached hydrogens (tertiary/aromatic N) is 3. The fourth-order valence-electron chi connectivity index (χ4n) is 5.30. The van der Waals surface area contributed by atoms with Crippen molar-refractivity contribution in [3.05, 3.63) is 60.0 Å². The maximum absolute atomic E-state index is 15.1. The Hall–Kier alpha value is -3.67. The van der Waals surface area contributed by atoms with Gasteiger partial charge in [0.05, 0.1) is 12.2 Å². The van der Waals surface area contributed by atoms with Crippen molar-refractivity contribution in [2.45, 2.75) is 110 Å². The quantitative estimate of drug-likeness (QED) is 0.142. The van der Waals surface area contributed by atoms with Gasteiger partial charge in [0.15, 0.2) is 11.5 Å². The Balaban J connectivity index is 1.45. The Labute approximate surface area is 261 Å². The van der Waals surface area contributed by atoms with Crippen molar-refractivity contribution in [1.29, 1.82) is 0 Å². The fraction of sp³-hybridized carbons (Fsp3) is 0.545. The number of carbonyl (C=O) groups is 1. The molecule has 0 atom stereocenters. The summed E-state index contributed by atoms with van der Waals surface area (Å²) >= 11 is 0. The lowest BCUT2D eigenvalue weighted by atomic mass is 9.93. The van der Waals surface area contributed by atoms with Crippen molar-refractivity contribution in [1.82, 2.24) is 15.5 Å². The largest absolute Gasteiger partial charge is 0.491 e. The van der Waals surface area contributed by atoms with Crippen LogP contribution >= 0.6 is 0 Å². The van der Waals surface area contributed by atoms with E-state index >= 15 is 4.39 Å². The highest BCUT2D eigenvalue weighted by Crippen LogP contribution is 2.31. The Bertz CT molecular complexity index is 1370. The minimum atomic E-state index is -2.82. The van der Waals surface area contributed by atoms with Gasteiger partial charge < -0.3 is 19.3 Å². The molecule has 1 aromatic heterocycles. The van der Waals surface area contributed by atoms with Crippen LogP contribution in [-0.2, 0) is 16.8 Å². The number of carbonyl (C=O) groups excluding carboxylic acids is 1. The number of alkyl halides is 3. The zero-order valence-corrected chi connectivity index (χ0v) is 26.2. The van der Waals surface area contributed by atoms with Crippen molar-refractivity contribution < 1.29 is 36.4 Å². The Morgan fingerprint density at radius 1 is 1.07 bits per heavy atom. The van der Waals surface area contributed by atoms with E-state index in [2.05, 4.69) is 20.2 Å². The van der Waals surface area contributed by atoms with E-state index in [1.165, 1.54) is 19.9 Å². The number of anilines is 1. The molecule has 0 bridgehead atoms. The molecule has 1 fully saturated rings. The third-order valence-electron chi connectivity index (χ3n) is 7.60. The summed E-state index contributed by atoms with van der Waals surface area (Å²) in [5.41, 5.74) is -0.213. The predicted molar refractivity (Wildman–Crippen MR) is 163 cm³/mol. The molecule has 1 saturated carbocycles. The van der Waals surface area contributed by atoms with E-state index in [0.717, 1.165) is 0 Å². The summed E-state index contributed by atoms with van der Waals surface area (Å²) in [7, 11) is 0. The molecule has 1 heterocycles. The molecule has 45 heavy (non-hydrogen) atoms. The number of urea groups is 1. The average Bonchev–Trinajstić information content (AvgIpc) is 3.46. The van der Waals surface area contributed by atoms with Gasteiger partial charge in [-0.05, 0) is 102 Å². The molecule has 1 aliphatic rings. The molecule has 0 unspecified atom stereocenters. The average molecular weight is 635 g/mol. The molecule has 246 valence electrons. The van der Waals surface area contributed by atoms with Gasteiger partial charge in [-0.2, -0.15) is 13.8 Å². The highest BCUT2D eigenvalue weighted by molar-refractivity contribution is 5.93. The Kier molecular flexibility index (Phi) is 11.8. The first kappa shape index (κ1) is 34.2. The van der Waals surface area contributed by atoms with Crippen molar-refractivity contribution in [3.8, 4) is 16.9 Å². The van der Waals surface area contributed by atoms with Gasteiger partial charge in [-0.25, -0.2) is 13.6 Å². The molecular formula is C33H42F4N4O4. The van der Waals surface area contributed by atoms with Crippen LogP contribution in [0.1, 0.15) is 84.4 Å². The van der Waals surface area contributed by atoms with Crippen LogP contribution in [0, 0.1) is 5.82 Å². The summed E-state index contributed by atoms with van der Waals surface area (Å²) in [6.07, 6.45) is 3.86. The van der Waals surface area contributed by atoms with Crippen LogP contribution in [0.4, 0.5) is 28.0 Å². The van der Waals surface area contributed by atoms with Gasteiger partial charge in [0.25, 0.3) is 5.89 Å². The zero-order chi connectivity index (χ0) is 32.6. The number of hydrogen-bond donors (Lipinski definition) is 1. The van der Waals surface area contributed by atoms with Gasteiger partial charge >= 0.3 is 12.6 Å². The number of ether oxygens (including phenoxy) is 2. The van der Waals surface area contributed by atoms with Gasteiger partial charge in [-0.15, -0.1) is 0 Å². The smallest absolute Gasteiger partial charge is 0.345 e. The second kappa shape index (κ2) is 15.6. The lowest BCUT2D eigenvalue weighted by Crippen LogP contribution is -2.47. The van der Waals surface area contributed by atoms with Crippen molar-refractivity contribution >= 4 is 11.7 Å². The summed E-state index contributed by atoms with van der Waals surface area (Å²) in [6, 6.07) is 11.1. The number of halogens is 4. The first-order valence-electron chi connectivity index (χ1n) is 15.5. The molecule has 3 aromatic rings. The lowest BCUT2D eigenvalue weighted by molar-refractivity contribution is -0.170. The summed E-state index contributed by atoms with van der Waals surface area (Å²) < 4.78 is 69.8. The highest BCUT2D eigenvalue weighted by Gasteiger charge is 2.28. The Morgan fingerprint density at radius 3 is 2.40 bits per heavy atom. The van der Waals surface area contributed by atoms with E-state index < -0.39 is 24.2 Å². The third kappa shape index (κ3) is 10.2. The van der Waals surface area contributed by atoms with Crippen molar-refractivity contribution in [2.24, 2.45) is 0 Å². The van der Waals surface area contributed by atoms with Gasteiger partial charge in [0.1, 0.15) is 11.6 Å². The number of benzene rings is 2. The molecule has 1 aliphatic carbocycles. The molecule has 2 amide bonds. The Morgan fingerprint density at radius 2 is 1.78 bits per heavy atom. The number of amides is 2. The number of aromatic nitrogens is 2. The van der Waals surface area contributed by atoms with Crippen molar-refractivity contribution in [3.63, 3.8) is 0 Å². The third-order valence-corrected chi connectivity index (χ3v) is 7.60. The van der Waals surface area contributed by atoms with Gasteiger partial charge in [0, 0.05) is 30.3 Å². The maximum atomic E-state index is 15.1. The molecule has 1 N–H and O–H groups in total. The van der Waals surface area contributed by atoms with Crippen LogP contribution in [0.2, 0.25) is 0 Å². The fourth-order valence-corrected chi connectivity index (χ4v) is 5.30. The standard InChI is InChI=1S/C33H42F4N4O4/c1-21(2)43-25-14-9-22(10-15-25)27-20-24(13-18-28(27)34)41(32(42)38-23-11-16-26(17-12-23)44-31(35)36)19-7-5-6-8-29-39-30(45-40-29)33(3,4)37/h9-10,13-15,18,20-21,23,26,31H,5-8,11-12,16-17,19H2,1-4H3,(H,38,42). The first-order valence-corrected chi connectivity index (χ1v) is 15.5. The minimum absolute atomic E-state index is 0.00170. The topological polar surface area (TPSA) is 89.7 Å². The van der Waals surface area contributed by atoms with E-state index in [1.807, 2.05) is 13.8 Å². The van der Waals surface area contributed by atoms with Crippen LogP contribution in [0.15, 0.2) is 47.0 Å². The summed E-state index contributed by atoms with van der Waals surface area (Å²) in [5.74, 6) is 0.601. The second-order valence-corrected chi connectivity index (χ2v) is 12.1. The molecule has 12 heteroatoms. The van der Waals surface area contributed by atoms with E-state index in [4.69, 9.17) is 9.26 Å². The SMILES string of the molecule is CC(C)Oc1ccc(-c2cc(N(CCCCCc3noc(C(C)(C)F)n3)C(=O)NC3CCC(OC(F)F)CC3)ccc2F)cc1. The van der Waals surface area contributed by atoms with Gasteiger partial charge in [-0.1, -0.05) is 23.7 Å². The molecule has 4 rings (SSSR count). The maximum Gasteiger partial charge on any atom is 0.345 e. The highest BCUT2D eigenvalue weighted by atomic mass is 19.3. The van der Waals surface area contributed by atoms with E-state index in [-0.39, 0.29) is 24.1 Å². The minimum Gasteiger partial charge on any atom is -0.491 e. The summed E-state index contributed by atoms with van der Waals surface area (Å²) in [4.78, 5) is 19.3. The molecule has 0 saturated heterocycles. The predicted octanol–water partition coefficient (Wildman–Crippen LogP) is 8.35. The molecule has 8 nitrogen and oxygen atoms in total. The van der Waals surface area contributed by atoms with E-state index in [9.17, 15) is 18.0 Å². The lowest BCUT2D eigenvalue weighted by Gasteiger charge is -2.31. The normalized spacial score (nSPS) is 17.1. The van der Waals surface area contributed by atoms with Crippen LogP contribution in [-0.4, -0.2) is 47.6 Å². The van der Waals surface area contributed by atoms with Crippen molar-refractivity contribution in [2.75, 3.05) is 11.4 Å². The second-order valence-electron chi connectivity index (χ2n) is 12.1. The number of nitrogens with one attached hydrogen (secondary N) is 1. The van der Waals surface area contributed by atoms with Crippen LogP contribution in [0.25, 0.3) is 11.1 Å². The molecule has 0 spiro atoms. The number of rotatable bonds is 14. The zero-order valence-electron chi connectivity index (χ0n) is 26.2. The number of hydrogen-bond acceptors (Lipinski definition) is 6. The molecular weight excluding hydrogens is 592 g/mol. The van der Waals surface area contributed by atoms with E-state index in [1.54, 1.807) is 41.3 Å². The molecule has 2 aromatic carbocycles. The van der Waals surface area contributed by atoms with Crippen LogP contribution < -0.4 is 15.0 Å². The summed E-state index contributed by atoms with van der Waals surface area (Å²) in [5, 5.41) is 6.89.